The molecule has 2 rings (SSSR count). The van der Waals surface area contributed by atoms with Crippen molar-refractivity contribution < 1.29 is 14.9 Å². The largest absolute Gasteiger partial charge is 0.395 e. The van der Waals surface area contributed by atoms with E-state index in [9.17, 15) is 10.2 Å². The second-order valence-corrected chi connectivity index (χ2v) is 6.19. The first-order chi connectivity index (χ1) is 9.20. The Kier molecular flexibility index (Phi) is 5.39. The van der Waals surface area contributed by atoms with E-state index < -0.39 is 5.41 Å². The van der Waals surface area contributed by atoms with Crippen molar-refractivity contribution in [2.75, 3.05) is 19.8 Å². The van der Waals surface area contributed by atoms with Crippen LogP contribution in [0.4, 0.5) is 0 Å². The predicted octanol–water partition coefficient (Wildman–Crippen LogP) is 2.63. The fourth-order valence-electron chi connectivity index (χ4n) is 2.65. The van der Waals surface area contributed by atoms with Crippen LogP contribution in [0.25, 0.3) is 0 Å². The third kappa shape index (κ3) is 3.57. The Balaban J connectivity index is 2.09. The molecular formula is C15H21BrO3. The van der Waals surface area contributed by atoms with Crippen molar-refractivity contribution in [1.29, 1.82) is 0 Å². The molecule has 4 heteroatoms. The van der Waals surface area contributed by atoms with Crippen molar-refractivity contribution in [3.8, 4) is 0 Å². The molecule has 106 valence electrons. The van der Waals surface area contributed by atoms with Crippen LogP contribution in [-0.4, -0.2) is 36.1 Å². The van der Waals surface area contributed by atoms with Crippen molar-refractivity contribution in [1.82, 2.24) is 0 Å². The van der Waals surface area contributed by atoms with Gasteiger partial charge in [-0.25, -0.2) is 0 Å². The molecule has 1 aliphatic rings. The van der Waals surface area contributed by atoms with E-state index in [-0.39, 0.29) is 19.3 Å². The molecule has 1 aromatic carbocycles. The van der Waals surface area contributed by atoms with Gasteiger partial charge in [0.25, 0.3) is 0 Å². The molecule has 0 saturated carbocycles. The highest BCUT2D eigenvalue weighted by molar-refractivity contribution is 9.10. The lowest BCUT2D eigenvalue weighted by atomic mass is 9.77. The molecule has 0 bridgehead atoms. The Morgan fingerprint density at radius 2 is 1.89 bits per heavy atom. The van der Waals surface area contributed by atoms with Gasteiger partial charge in [0.1, 0.15) is 0 Å². The summed E-state index contributed by atoms with van der Waals surface area (Å²) < 4.78 is 6.62. The van der Waals surface area contributed by atoms with Crippen LogP contribution in [0.2, 0.25) is 0 Å². The van der Waals surface area contributed by atoms with Gasteiger partial charge in [-0.2, -0.15) is 0 Å². The van der Waals surface area contributed by atoms with Crippen LogP contribution in [-0.2, 0) is 10.2 Å². The Bertz CT molecular complexity index is 381. The van der Waals surface area contributed by atoms with E-state index in [4.69, 9.17) is 4.74 Å². The van der Waals surface area contributed by atoms with Gasteiger partial charge >= 0.3 is 0 Å². The summed E-state index contributed by atoms with van der Waals surface area (Å²) in [4.78, 5) is 0. The predicted molar refractivity (Wildman–Crippen MR) is 78.2 cm³/mol. The second-order valence-electron chi connectivity index (χ2n) is 5.28. The van der Waals surface area contributed by atoms with Crippen LogP contribution < -0.4 is 0 Å². The number of ether oxygens (including phenoxy) is 1. The summed E-state index contributed by atoms with van der Waals surface area (Å²) in [5.74, 6) is 0. The van der Waals surface area contributed by atoms with Crippen molar-refractivity contribution in [2.24, 2.45) is 0 Å². The van der Waals surface area contributed by atoms with E-state index in [0.717, 1.165) is 42.3 Å². The van der Waals surface area contributed by atoms with Gasteiger partial charge in [0, 0.05) is 16.5 Å². The van der Waals surface area contributed by atoms with E-state index >= 15 is 0 Å². The van der Waals surface area contributed by atoms with Crippen molar-refractivity contribution >= 4 is 15.9 Å². The maximum atomic E-state index is 9.76. The summed E-state index contributed by atoms with van der Waals surface area (Å²) in [5.41, 5.74) is 0.422. The Hall–Kier alpha value is -0.420. The van der Waals surface area contributed by atoms with Gasteiger partial charge in [0.15, 0.2) is 0 Å². The third-order valence-corrected chi connectivity index (χ3v) is 4.56. The molecule has 1 heterocycles. The summed E-state index contributed by atoms with van der Waals surface area (Å²) in [6, 6.07) is 7.82. The quantitative estimate of drug-likeness (QED) is 0.844. The SMILES string of the molecule is OCC(CO)(CCC1CCCO1)c1ccc(Br)cc1. The van der Waals surface area contributed by atoms with E-state index in [1.807, 2.05) is 24.3 Å². The van der Waals surface area contributed by atoms with Crippen LogP contribution in [0.5, 0.6) is 0 Å². The zero-order chi connectivity index (χ0) is 13.7. The van der Waals surface area contributed by atoms with Crippen LogP contribution in [0.1, 0.15) is 31.2 Å². The summed E-state index contributed by atoms with van der Waals surface area (Å²) in [5, 5.41) is 19.5. The Labute approximate surface area is 122 Å². The van der Waals surface area contributed by atoms with Gasteiger partial charge in [0.05, 0.1) is 19.3 Å². The highest BCUT2D eigenvalue weighted by Gasteiger charge is 2.32. The maximum absolute atomic E-state index is 9.76. The van der Waals surface area contributed by atoms with Gasteiger partial charge in [-0.3, -0.25) is 0 Å². The first kappa shape index (κ1) is 15.0. The topological polar surface area (TPSA) is 49.7 Å². The van der Waals surface area contributed by atoms with Crippen molar-refractivity contribution in [2.45, 2.75) is 37.2 Å². The number of rotatable bonds is 6. The number of hydrogen-bond acceptors (Lipinski definition) is 3. The lowest BCUT2D eigenvalue weighted by Crippen LogP contribution is -2.35. The van der Waals surface area contributed by atoms with Gasteiger partial charge in [-0.1, -0.05) is 28.1 Å². The molecule has 19 heavy (non-hydrogen) atoms. The molecule has 0 aliphatic carbocycles. The van der Waals surface area contributed by atoms with Gasteiger partial charge in [-0.15, -0.1) is 0 Å². The molecule has 1 aromatic rings. The number of aliphatic hydroxyl groups excluding tert-OH is 2. The lowest BCUT2D eigenvalue weighted by molar-refractivity contribution is 0.0684. The molecule has 0 spiro atoms. The van der Waals surface area contributed by atoms with Crippen molar-refractivity contribution in [3.05, 3.63) is 34.3 Å². The van der Waals surface area contributed by atoms with Gasteiger partial charge in [0.2, 0.25) is 0 Å². The molecule has 0 radical (unpaired) electrons. The highest BCUT2D eigenvalue weighted by atomic mass is 79.9. The summed E-state index contributed by atoms with van der Waals surface area (Å²) in [6.07, 6.45) is 4.12. The summed E-state index contributed by atoms with van der Waals surface area (Å²) in [7, 11) is 0. The molecule has 1 saturated heterocycles. The maximum Gasteiger partial charge on any atom is 0.0576 e. The highest BCUT2D eigenvalue weighted by Crippen LogP contribution is 2.32. The van der Waals surface area contributed by atoms with E-state index in [1.165, 1.54) is 0 Å². The molecule has 0 amide bonds. The van der Waals surface area contributed by atoms with Crippen LogP contribution in [0, 0.1) is 0 Å². The minimum atomic E-state index is -0.563. The van der Waals surface area contributed by atoms with Crippen LogP contribution in [0.3, 0.4) is 0 Å². The van der Waals surface area contributed by atoms with Gasteiger partial charge < -0.3 is 14.9 Å². The van der Waals surface area contributed by atoms with Gasteiger partial charge in [-0.05, 0) is 43.4 Å². The second kappa shape index (κ2) is 6.84. The number of benzene rings is 1. The summed E-state index contributed by atoms with van der Waals surface area (Å²) >= 11 is 3.40. The average Bonchev–Trinajstić information content (AvgIpc) is 2.95. The minimum Gasteiger partial charge on any atom is -0.395 e. The molecule has 2 N–H and O–H groups in total. The molecular weight excluding hydrogens is 308 g/mol. The van der Waals surface area contributed by atoms with Crippen molar-refractivity contribution in [3.63, 3.8) is 0 Å². The Morgan fingerprint density at radius 3 is 2.42 bits per heavy atom. The molecule has 1 unspecified atom stereocenters. The van der Waals surface area contributed by atoms with E-state index in [0.29, 0.717) is 0 Å². The molecule has 1 aliphatic heterocycles. The average molecular weight is 329 g/mol. The Morgan fingerprint density at radius 1 is 1.21 bits per heavy atom. The van der Waals surface area contributed by atoms with E-state index in [1.54, 1.807) is 0 Å². The normalized spacial score (nSPS) is 19.8. The lowest BCUT2D eigenvalue weighted by Gasteiger charge is -2.31. The molecule has 1 fully saturated rings. The van der Waals surface area contributed by atoms with Crippen LogP contribution in [0.15, 0.2) is 28.7 Å². The monoisotopic (exact) mass is 328 g/mol. The smallest absolute Gasteiger partial charge is 0.0576 e. The number of halogens is 1. The first-order valence-electron chi connectivity index (χ1n) is 6.79. The number of hydrogen-bond donors (Lipinski definition) is 2. The first-order valence-corrected chi connectivity index (χ1v) is 7.59. The molecule has 1 atom stereocenters. The third-order valence-electron chi connectivity index (χ3n) is 4.03. The fourth-order valence-corrected chi connectivity index (χ4v) is 2.91. The standard InChI is InChI=1S/C15H21BrO3/c16-13-5-3-12(4-6-13)15(10-17,11-18)8-7-14-2-1-9-19-14/h3-6,14,17-18H,1-2,7-11H2. The van der Waals surface area contributed by atoms with Crippen LogP contribution >= 0.6 is 15.9 Å². The number of aliphatic hydroxyl groups is 2. The molecule has 3 nitrogen and oxygen atoms in total. The summed E-state index contributed by atoms with van der Waals surface area (Å²) in [6.45, 7) is 0.754. The zero-order valence-electron chi connectivity index (χ0n) is 11.0. The fraction of sp³-hybridized carbons (Fsp3) is 0.600. The zero-order valence-corrected chi connectivity index (χ0v) is 12.6. The molecule has 0 aromatic heterocycles. The minimum absolute atomic E-state index is 0.0438. The van der Waals surface area contributed by atoms with E-state index in [2.05, 4.69) is 15.9 Å².